The summed E-state index contributed by atoms with van der Waals surface area (Å²) in [6.45, 7) is 9.45. The number of aliphatic hydroxyl groups excluding tert-OH is 1. The Balaban J connectivity index is 1.63. The number of nitrogens with zero attached hydrogens (tertiary/aromatic N) is 8. The maximum absolute atomic E-state index is 10.1. The third-order valence-corrected chi connectivity index (χ3v) is 6.88. The Morgan fingerprint density at radius 1 is 1.16 bits per heavy atom. The molecule has 0 fully saturated rings. The molecule has 5 aromatic heterocycles. The molecule has 1 aliphatic heterocycles. The summed E-state index contributed by atoms with van der Waals surface area (Å²) in [4.78, 5) is 11.8. The van der Waals surface area contributed by atoms with Crippen molar-refractivity contribution in [2.24, 2.45) is 7.05 Å². The van der Waals surface area contributed by atoms with Crippen LogP contribution in [-0.2, 0) is 20.1 Å². The summed E-state index contributed by atoms with van der Waals surface area (Å²) in [6, 6.07) is 4.15. The Morgan fingerprint density at radius 3 is 2.76 bits per heavy atom. The first-order valence-corrected chi connectivity index (χ1v) is 12.5. The molecule has 1 aliphatic rings. The molecule has 11 nitrogen and oxygen atoms in total. The van der Waals surface area contributed by atoms with Crippen LogP contribution in [0.25, 0.3) is 44.5 Å². The highest BCUT2D eigenvalue weighted by atomic mass is 16.5. The first kappa shape index (κ1) is 23.6. The number of fused-ring (bicyclic) bond motifs is 5. The van der Waals surface area contributed by atoms with Gasteiger partial charge < -0.3 is 9.84 Å². The van der Waals surface area contributed by atoms with Crippen LogP contribution in [0.15, 0.2) is 18.3 Å². The average Bonchev–Trinajstić information content (AvgIpc) is 3.47. The zero-order valence-electron chi connectivity index (χ0n) is 21.9. The van der Waals surface area contributed by atoms with Crippen LogP contribution in [0, 0.1) is 13.8 Å². The number of hydrogen-bond acceptors (Lipinski definition) is 8. The number of aliphatic hydroxyl groups is 1. The van der Waals surface area contributed by atoms with Gasteiger partial charge in [-0.1, -0.05) is 0 Å². The van der Waals surface area contributed by atoms with E-state index in [1.54, 1.807) is 11.6 Å². The molecule has 0 aliphatic carbocycles. The number of hydrogen-bond donors (Lipinski definition) is 2. The minimum absolute atomic E-state index is 0.119. The van der Waals surface area contributed by atoms with Crippen LogP contribution in [-0.4, -0.2) is 75.5 Å². The van der Waals surface area contributed by atoms with Crippen molar-refractivity contribution < 1.29 is 9.84 Å². The van der Waals surface area contributed by atoms with Crippen LogP contribution in [0.5, 0.6) is 5.88 Å². The second kappa shape index (κ2) is 8.63. The van der Waals surface area contributed by atoms with E-state index in [-0.39, 0.29) is 6.10 Å². The summed E-state index contributed by atoms with van der Waals surface area (Å²) in [6.07, 6.45) is 1.15. The number of H-pyrrole nitrogens is 1. The maximum Gasteiger partial charge on any atom is 0.221 e. The van der Waals surface area contributed by atoms with Gasteiger partial charge >= 0.3 is 0 Å². The smallest absolute Gasteiger partial charge is 0.221 e. The molecule has 192 valence electrons. The number of aromatic amines is 1. The summed E-state index contributed by atoms with van der Waals surface area (Å²) >= 11 is 0. The zero-order valence-corrected chi connectivity index (χ0v) is 21.9. The van der Waals surface area contributed by atoms with Crippen LogP contribution in [0.3, 0.4) is 0 Å². The summed E-state index contributed by atoms with van der Waals surface area (Å²) in [7, 11) is 3.95. The lowest BCUT2D eigenvalue weighted by molar-refractivity contribution is 0.143. The predicted octanol–water partition coefficient (Wildman–Crippen LogP) is 2.98. The van der Waals surface area contributed by atoms with Crippen molar-refractivity contribution in [3.8, 4) is 28.4 Å². The van der Waals surface area contributed by atoms with Gasteiger partial charge in [-0.3, -0.25) is 19.7 Å². The third kappa shape index (κ3) is 3.94. The van der Waals surface area contributed by atoms with Crippen LogP contribution in [0.1, 0.15) is 30.9 Å². The highest BCUT2D eigenvalue weighted by Crippen LogP contribution is 2.37. The maximum atomic E-state index is 10.1. The Morgan fingerprint density at radius 2 is 1.97 bits per heavy atom. The van der Waals surface area contributed by atoms with Crippen molar-refractivity contribution in [3.05, 3.63) is 35.4 Å². The lowest BCUT2D eigenvalue weighted by atomic mass is 10.0. The van der Waals surface area contributed by atoms with Gasteiger partial charge in [-0.2, -0.15) is 15.3 Å². The number of likely N-dealkylation sites (N-methyl/N-ethyl adjacent to an activating group) is 1. The van der Waals surface area contributed by atoms with Gasteiger partial charge in [0.15, 0.2) is 5.65 Å². The Bertz CT molecular complexity index is 1650. The highest BCUT2D eigenvalue weighted by molar-refractivity contribution is 5.97. The lowest BCUT2D eigenvalue weighted by Gasteiger charge is -2.23. The average molecular weight is 502 g/mol. The summed E-state index contributed by atoms with van der Waals surface area (Å²) in [5.74, 6) is 0.688. The van der Waals surface area contributed by atoms with E-state index in [9.17, 15) is 5.11 Å². The van der Waals surface area contributed by atoms with Crippen molar-refractivity contribution in [2.75, 3.05) is 13.6 Å². The van der Waals surface area contributed by atoms with Crippen LogP contribution in [0.4, 0.5) is 0 Å². The summed E-state index contributed by atoms with van der Waals surface area (Å²) < 4.78 is 10.1. The fraction of sp³-hybridized carbons (Fsp3) is 0.423. The van der Waals surface area contributed by atoms with Gasteiger partial charge in [0, 0.05) is 42.7 Å². The van der Waals surface area contributed by atoms with E-state index >= 15 is 0 Å². The van der Waals surface area contributed by atoms with Crippen LogP contribution < -0.4 is 4.74 Å². The molecule has 6 heterocycles. The molecule has 37 heavy (non-hydrogen) atoms. The SMILES string of the molecule is Cc1nn(C)c2c1-c1cc3c(n[nH]c3c(C)n1)-c1cnc3nn(C[C@H](C)O)c(c3c1)CN(C)C[C@H](C)O2. The quantitative estimate of drug-likeness (QED) is 0.379. The third-order valence-electron chi connectivity index (χ3n) is 6.88. The molecule has 0 radical (unpaired) electrons. The second-order valence-electron chi connectivity index (χ2n) is 10.2. The Labute approximate surface area is 214 Å². The molecule has 2 N–H and O–H groups in total. The summed E-state index contributed by atoms with van der Waals surface area (Å²) in [5, 5.41) is 29.2. The standard InChI is InChI=1S/C26H31N9O2/c1-13(36)10-35-21-12-33(5)11-14(2)37-26-22(15(3)31-34(26)6)20-8-19-23(16(4)28-20)29-30-24(19)17-7-18(21)25(32-35)27-9-17/h7-9,13-14,36H,10-12H2,1-6H3,(H,29,30)/t13-,14-/m0/s1. The molecule has 0 saturated heterocycles. The lowest BCUT2D eigenvalue weighted by Crippen LogP contribution is -2.32. The number of rotatable bonds is 2. The minimum Gasteiger partial charge on any atom is -0.473 e. The molecule has 11 heteroatoms. The summed E-state index contributed by atoms with van der Waals surface area (Å²) in [5.41, 5.74) is 7.58. The van der Waals surface area contributed by atoms with Gasteiger partial charge in [-0.15, -0.1) is 0 Å². The van der Waals surface area contributed by atoms with E-state index in [0.29, 0.717) is 31.2 Å². The molecule has 0 unspecified atom stereocenters. The number of nitrogens with one attached hydrogen (secondary N) is 1. The second-order valence-corrected chi connectivity index (χ2v) is 10.2. The molecular formula is C26H31N9O2. The molecule has 5 aromatic rings. The van der Waals surface area contributed by atoms with E-state index in [2.05, 4.69) is 46.3 Å². The molecular weight excluding hydrogens is 470 g/mol. The number of pyridine rings is 2. The largest absolute Gasteiger partial charge is 0.473 e. The topological polar surface area (TPSA) is 123 Å². The van der Waals surface area contributed by atoms with Gasteiger partial charge in [0.1, 0.15) is 11.8 Å². The number of ether oxygens (including phenoxy) is 1. The van der Waals surface area contributed by atoms with Gasteiger partial charge in [-0.25, -0.2) is 9.67 Å². The van der Waals surface area contributed by atoms with Gasteiger partial charge in [0.05, 0.1) is 46.5 Å². The van der Waals surface area contributed by atoms with Crippen molar-refractivity contribution in [1.82, 2.24) is 44.6 Å². The Kier molecular flexibility index (Phi) is 5.50. The minimum atomic E-state index is -0.537. The van der Waals surface area contributed by atoms with Crippen molar-refractivity contribution in [2.45, 2.75) is 53.0 Å². The van der Waals surface area contributed by atoms with Crippen molar-refractivity contribution in [1.29, 1.82) is 0 Å². The molecule has 0 aromatic carbocycles. The predicted molar refractivity (Wildman–Crippen MR) is 140 cm³/mol. The molecule has 4 bridgehead atoms. The first-order valence-electron chi connectivity index (χ1n) is 12.5. The fourth-order valence-corrected chi connectivity index (χ4v) is 5.34. The van der Waals surface area contributed by atoms with Crippen molar-refractivity contribution >= 4 is 21.9 Å². The van der Waals surface area contributed by atoms with Gasteiger partial charge in [-0.05, 0) is 46.9 Å². The monoisotopic (exact) mass is 501 g/mol. The normalized spacial score (nSPS) is 17.2. The fourth-order valence-electron chi connectivity index (χ4n) is 5.34. The number of aryl methyl sites for hydroxylation is 3. The van der Waals surface area contributed by atoms with E-state index in [1.165, 1.54) is 0 Å². The van der Waals surface area contributed by atoms with Gasteiger partial charge in [0.25, 0.3) is 0 Å². The highest BCUT2D eigenvalue weighted by Gasteiger charge is 2.25. The van der Waals surface area contributed by atoms with E-state index in [4.69, 9.17) is 19.8 Å². The molecule has 0 amide bonds. The molecule has 6 rings (SSSR count). The number of aromatic nitrogens is 8. The van der Waals surface area contributed by atoms with E-state index in [1.807, 2.05) is 31.8 Å². The zero-order chi connectivity index (χ0) is 26.0. The molecule has 0 saturated carbocycles. The van der Waals surface area contributed by atoms with Crippen LogP contribution >= 0.6 is 0 Å². The van der Waals surface area contributed by atoms with Crippen molar-refractivity contribution in [3.63, 3.8) is 0 Å². The Hall–Kier alpha value is -3.83. The molecule has 0 spiro atoms. The van der Waals surface area contributed by atoms with Crippen LogP contribution in [0.2, 0.25) is 0 Å². The van der Waals surface area contributed by atoms with Gasteiger partial charge in [0.2, 0.25) is 5.88 Å². The first-order chi connectivity index (χ1) is 17.7. The van der Waals surface area contributed by atoms with E-state index < -0.39 is 6.10 Å². The van der Waals surface area contributed by atoms with E-state index in [0.717, 1.165) is 55.9 Å². The molecule has 2 atom stereocenters.